The zero-order valence-electron chi connectivity index (χ0n) is 16.6. The van der Waals surface area contributed by atoms with Crippen molar-refractivity contribution in [2.24, 2.45) is 11.7 Å². The van der Waals surface area contributed by atoms with Crippen LogP contribution in [0.2, 0.25) is 0 Å². The Morgan fingerprint density at radius 1 is 1.27 bits per heavy atom. The van der Waals surface area contributed by atoms with Crippen LogP contribution in [0.3, 0.4) is 0 Å². The molecule has 152 valence electrons. The summed E-state index contributed by atoms with van der Waals surface area (Å²) in [7, 11) is 0. The number of nitrogen functional groups attached to an aromatic ring is 1. The van der Waals surface area contributed by atoms with Crippen LogP contribution in [0.15, 0.2) is 48.9 Å². The number of nitrogens with zero attached hydrogens (tertiary/aromatic N) is 5. The summed E-state index contributed by atoms with van der Waals surface area (Å²) in [6.07, 6.45) is 10.7. The van der Waals surface area contributed by atoms with E-state index in [-0.39, 0.29) is 11.9 Å². The van der Waals surface area contributed by atoms with E-state index in [0.29, 0.717) is 23.9 Å². The van der Waals surface area contributed by atoms with E-state index in [0.717, 1.165) is 29.8 Å². The second kappa shape index (κ2) is 8.74. The van der Waals surface area contributed by atoms with Crippen molar-refractivity contribution in [1.29, 1.82) is 10.7 Å². The van der Waals surface area contributed by atoms with Crippen LogP contribution >= 0.6 is 0 Å². The van der Waals surface area contributed by atoms with Gasteiger partial charge in [0.25, 0.3) is 0 Å². The molecule has 2 aromatic heterocycles. The second-order valence-corrected chi connectivity index (χ2v) is 7.56. The van der Waals surface area contributed by atoms with Crippen LogP contribution in [-0.2, 0) is 0 Å². The summed E-state index contributed by atoms with van der Waals surface area (Å²) in [6, 6.07) is 11.5. The molecule has 1 fully saturated rings. The number of aromatic nitrogens is 4. The predicted molar refractivity (Wildman–Crippen MR) is 115 cm³/mol. The van der Waals surface area contributed by atoms with Gasteiger partial charge in [-0.1, -0.05) is 12.8 Å². The first-order chi connectivity index (χ1) is 14.6. The van der Waals surface area contributed by atoms with Crippen molar-refractivity contribution in [1.82, 2.24) is 19.7 Å². The number of hydrogen-bond donors (Lipinski definition) is 3. The number of nitrogens with two attached hydrogens (primary N) is 1. The van der Waals surface area contributed by atoms with Gasteiger partial charge in [-0.15, -0.1) is 0 Å². The third-order valence-electron chi connectivity index (χ3n) is 5.59. The fourth-order valence-electron chi connectivity index (χ4n) is 4.01. The highest BCUT2D eigenvalue weighted by Gasteiger charge is 2.27. The first-order valence-electron chi connectivity index (χ1n) is 10.1. The molecule has 0 radical (unpaired) electrons. The lowest BCUT2D eigenvalue weighted by atomic mass is 9.96. The summed E-state index contributed by atoms with van der Waals surface area (Å²) >= 11 is 0. The summed E-state index contributed by atoms with van der Waals surface area (Å²) < 4.78 is 1.93. The molecule has 2 heterocycles. The molecule has 8 heteroatoms. The first-order valence-corrected chi connectivity index (χ1v) is 10.1. The summed E-state index contributed by atoms with van der Waals surface area (Å²) in [5.74, 6) is 1.02. The average molecular weight is 400 g/mol. The molecule has 4 N–H and O–H groups in total. The van der Waals surface area contributed by atoms with Gasteiger partial charge in [0.1, 0.15) is 5.84 Å². The molecule has 4 rings (SSSR count). The Morgan fingerprint density at radius 2 is 2.03 bits per heavy atom. The maximum absolute atomic E-state index is 9.27. The number of nitrogens with one attached hydrogen (secondary N) is 2. The molecule has 1 saturated carbocycles. The number of anilines is 2. The van der Waals surface area contributed by atoms with Crippen molar-refractivity contribution in [3.63, 3.8) is 0 Å². The largest absolute Gasteiger partial charge is 0.384 e. The summed E-state index contributed by atoms with van der Waals surface area (Å²) in [4.78, 5) is 8.90. The number of rotatable bonds is 7. The lowest BCUT2D eigenvalue weighted by Gasteiger charge is -2.21. The van der Waals surface area contributed by atoms with E-state index < -0.39 is 0 Å². The molecule has 8 nitrogen and oxygen atoms in total. The van der Waals surface area contributed by atoms with E-state index >= 15 is 0 Å². The minimum Gasteiger partial charge on any atom is -0.384 e. The van der Waals surface area contributed by atoms with Crippen LogP contribution in [0.4, 0.5) is 11.6 Å². The Morgan fingerprint density at radius 3 is 2.73 bits per heavy atom. The van der Waals surface area contributed by atoms with E-state index in [1.165, 1.54) is 12.8 Å². The zero-order chi connectivity index (χ0) is 20.9. The van der Waals surface area contributed by atoms with Gasteiger partial charge in [-0.2, -0.15) is 10.4 Å². The molecule has 0 saturated heterocycles. The van der Waals surface area contributed by atoms with Crippen molar-refractivity contribution in [2.75, 3.05) is 5.32 Å². The Labute approximate surface area is 175 Å². The van der Waals surface area contributed by atoms with Crippen molar-refractivity contribution in [3.05, 3.63) is 54.5 Å². The van der Waals surface area contributed by atoms with E-state index in [9.17, 15) is 5.26 Å². The molecule has 0 aliphatic heterocycles. The van der Waals surface area contributed by atoms with Gasteiger partial charge in [0.2, 0.25) is 5.95 Å². The van der Waals surface area contributed by atoms with Crippen LogP contribution in [-0.4, -0.2) is 25.6 Å². The van der Waals surface area contributed by atoms with Crippen molar-refractivity contribution < 1.29 is 0 Å². The predicted octanol–water partition coefficient (Wildman–Crippen LogP) is 4.01. The molecular weight excluding hydrogens is 376 g/mol. The molecule has 1 aliphatic carbocycles. The van der Waals surface area contributed by atoms with Crippen LogP contribution in [0.25, 0.3) is 11.3 Å². The Bertz CT molecular complexity index is 1060. The SMILES string of the molecule is N#CCC(C1CCCC1)n1cc(-c2ccnc(Nc3ccc(C(=N)N)cc3)n2)cn1. The van der Waals surface area contributed by atoms with Crippen LogP contribution in [0.5, 0.6) is 0 Å². The second-order valence-electron chi connectivity index (χ2n) is 7.56. The van der Waals surface area contributed by atoms with Gasteiger partial charge >= 0.3 is 0 Å². The molecule has 0 amide bonds. The minimum atomic E-state index is 0.0316. The summed E-state index contributed by atoms with van der Waals surface area (Å²) in [6.45, 7) is 0. The number of nitriles is 1. The van der Waals surface area contributed by atoms with Gasteiger partial charge in [0.05, 0.1) is 30.4 Å². The zero-order valence-corrected chi connectivity index (χ0v) is 16.6. The smallest absolute Gasteiger partial charge is 0.227 e. The van der Waals surface area contributed by atoms with Gasteiger partial charge in [-0.25, -0.2) is 9.97 Å². The molecule has 3 aromatic rings. The molecular formula is C22H24N8. The Kier molecular flexibility index (Phi) is 5.70. The van der Waals surface area contributed by atoms with Crippen LogP contribution in [0.1, 0.15) is 43.7 Å². The van der Waals surface area contributed by atoms with E-state index in [2.05, 4.69) is 26.5 Å². The van der Waals surface area contributed by atoms with Crippen molar-refractivity contribution >= 4 is 17.5 Å². The van der Waals surface area contributed by atoms with Crippen molar-refractivity contribution in [2.45, 2.75) is 38.1 Å². The third kappa shape index (κ3) is 4.30. The highest BCUT2D eigenvalue weighted by Crippen LogP contribution is 2.36. The molecule has 30 heavy (non-hydrogen) atoms. The number of amidine groups is 1. The number of benzene rings is 1. The molecule has 0 bridgehead atoms. The Hall–Kier alpha value is -3.73. The minimum absolute atomic E-state index is 0.0316. The fraction of sp³-hybridized carbons (Fsp3) is 0.318. The monoisotopic (exact) mass is 400 g/mol. The molecule has 0 spiro atoms. The third-order valence-corrected chi connectivity index (χ3v) is 5.59. The lowest BCUT2D eigenvalue weighted by molar-refractivity contribution is 0.315. The fourth-order valence-corrected chi connectivity index (χ4v) is 4.01. The van der Waals surface area contributed by atoms with E-state index in [1.54, 1.807) is 24.5 Å². The molecule has 1 unspecified atom stereocenters. The van der Waals surface area contributed by atoms with E-state index in [1.807, 2.05) is 29.1 Å². The Balaban J connectivity index is 1.52. The summed E-state index contributed by atoms with van der Waals surface area (Å²) in [5.41, 5.74) is 8.63. The summed E-state index contributed by atoms with van der Waals surface area (Å²) in [5, 5.41) is 24.5. The quantitative estimate of drug-likeness (QED) is 0.406. The van der Waals surface area contributed by atoms with Crippen molar-refractivity contribution in [3.8, 4) is 17.3 Å². The standard InChI is InChI=1S/C22H24N8/c23-11-9-20(15-3-1-2-4-15)30-14-17(13-27-30)19-10-12-26-22(29-19)28-18-7-5-16(6-8-18)21(24)25/h5-8,10,12-15,20H,1-4,9H2,(H3,24,25)(H,26,28,29). The molecule has 1 aliphatic rings. The lowest BCUT2D eigenvalue weighted by Crippen LogP contribution is -2.17. The van der Waals surface area contributed by atoms with Gasteiger partial charge in [0.15, 0.2) is 0 Å². The van der Waals surface area contributed by atoms with Gasteiger partial charge in [0, 0.05) is 29.2 Å². The topological polar surface area (TPSA) is 129 Å². The maximum Gasteiger partial charge on any atom is 0.227 e. The highest BCUT2D eigenvalue weighted by molar-refractivity contribution is 5.95. The van der Waals surface area contributed by atoms with Gasteiger partial charge < -0.3 is 11.1 Å². The normalized spacial score (nSPS) is 14.9. The van der Waals surface area contributed by atoms with Crippen LogP contribution < -0.4 is 11.1 Å². The number of hydrogen-bond acceptors (Lipinski definition) is 6. The average Bonchev–Trinajstić information content (AvgIpc) is 3.45. The first kappa shape index (κ1) is 19.6. The van der Waals surface area contributed by atoms with Gasteiger partial charge in [-0.3, -0.25) is 10.1 Å². The van der Waals surface area contributed by atoms with E-state index in [4.69, 9.17) is 11.1 Å². The highest BCUT2D eigenvalue weighted by atomic mass is 15.3. The van der Waals surface area contributed by atoms with Crippen LogP contribution in [0, 0.1) is 22.7 Å². The van der Waals surface area contributed by atoms with Gasteiger partial charge in [-0.05, 0) is 49.1 Å². The maximum atomic E-state index is 9.27. The molecule has 1 atom stereocenters. The molecule has 1 aromatic carbocycles.